The molecule has 0 unspecified atom stereocenters. The Labute approximate surface area is 90.7 Å². The standard InChI is InChI=1S/C12H18N2O/c1-10-8-13-6-7-14(10)9-11-2-4-12(15)5-3-11/h2-5,10,13,15H,6-9H2,1H3/t10-/m1/s1. The Morgan fingerprint density at radius 3 is 2.80 bits per heavy atom. The van der Waals surface area contributed by atoms with Crippen molar-refractivity contribution >= 4 is 0 Å². The first kappa shape index (κ1) is 10.5. The van der Waals surface area contributed by atoms with Crippen LogP contribution in [-0.4, -0.2) is 35.7 Å². The van der Waals surface area contributed by atoms with Gasteiger partial charge in [-0.25, -0.2) is 0 Å². The first-order valence-corrected chi connectivity index (χ1v) is 5.48. The molecule has 1 heterocycles. The highest BCUT2D eigenvalue weighted by atomic mass is 16.3. The quantitative estimate of drug-likeness (QED) is 0.763. The van der Waals surface area contributed by atoms with Crippen LogP contribution in [0.1, 0.15) is 12.5 Å². The number of rotatable bonds is 2. The summed E-state index contributed by atoms with van der Waals surface area (Å²) >= 11 is 0. The molecule has 2 rings (SSSR count). The van der Waals surface area contributed by atoms with Gasteiger partial charge in [0.05, 0.1) is 0 Å². The summed E-state index contributed by atoms with van der Waals surface area (Å²) < 4.78 is 0. The number of hydrogen-bond acceptors (Lipinski definition) is 3. The predicted octanol–water partition coefficient (Wildman–Crippen LogP) is 1.19. The molecule has 0 aromatic heterocycles. The number of phenols is 1. The number of aromatic hydroxyl groups is 1. The number of phenolic OH excluding ortho intramolecular Hbond substituents is 1. The summed E-state index contributed by atoms with van der Waals surface area (Å²) in [6.07, 6.45) is 0. The van der Waals surface area contributed by atoms with E-state index in [1.807, 2.05) is 12.1 Å². The Bertz CT molecular complexity index is 310. The van der Waals surface area contributed by atoms with Gasteiger partial charge in [0.2, 0.25) is 0 Å². The van der Waals surface area contributed by atoms with Gasteiger partial charge in [0.15, 0.2) is 0 Å². The van der Waals surface area contributed by atoms with E-state index in [1.54, 1.807) is 12.1 Å². The van der Waals surface area contributed by atoms with E-state index < -0.39 is 0 Å². The van der Waals surface area contributed by atoms with Crippen LogP contribution in [0, 0.1) is 0 Å². The molecule has 3 nitrogen and oxygen atoms in total. The molecule has 82 valence electrons. The van der Waals surface area contributed by atoms with Crippen molar-refractivity contribution in [2.75, 3.05) is 19.6 Å². The molecule has 0 saturated carbocycles. The lowest BCUT2D eigenvalue weighted by molar-refractivity contribution is 0.165. The summed E-state index contributed by atoms with van der Waals surface area (Å²) in [4.78, 5) is 2.46. The van der Waals surface area contributed by atoms with Gasteiger partial charge in [-0.3, -0.25) is 4.90 Å². The molecular weight excluding hydrogens is 188 g/mol. The fraction of sp³-hybridized carbons (Fsp3) is 0.500. The first-order chi connectivity index (χ1) is 7.25. The van der Waals surface area contributed by atoms with Crippen LogP contribution in [0.3, 0.4) is 0 Å². The summed E-state index contributed by atoms with van der Waals surface area (Å²) in [7, 11) is 0. The van der Waals surface area contributed by atoms with E-state index in [1.165, 1.54) is 5.56 Å². The van der Waals surface area contributed by atoms with Crippen molar-refractivity contribution in [1.29, 1.82) is 0 Å². The van der Waals surface area contributed by atoms with Crippen LogP contribution in [0.4, 0.5) is 0 Å². The zero-order valence-electron chi connectivity index (χ0n) is 9.11. The summed E-state index contributed by atoms with van der Waals surface area (Å²) in [5.41, 5.74) is 1.27. The molecular formula is C12H18N2O. The van der Waals surface area contributed by atoms with E-state index >= 15 is 0 Å². The van der Waals surface area contributed by atoms with Crippen molar-refractivity contribution in [2.45, 2.75) is 19.5 Å². The van der Waals surface area contributed by atoms with Gasteiger partial charge >= 0.3 is 0 Å². The van der Waals surface area contributed by atoms with E-state index in [9.17, 15) is 5.11 Å². The topological polar surface area (TPSA) is 35.5 Å². The molecule has 1 aromatic rings. The average Bonchev–Trinajstić information content (AvgIpc) is 2.25. The lowest BCUT2D eigenvalue weighted by Crippen LogP contribution is -2.49. The lowest BCUT2D eigenvalue weighted by atomic mass is 10.1. The van der Waals surface area contributed by atoms with Gasteiger partial charge in [-0.05, 0) is 24.6 Å². The second-order valence-corrected chi connectivity index (χ2v) is 4.19. The summed E-state index contributed by atoms with van der Waals surface area (Å²) in [6, 6.07) is 8.08. The van der Waals surface area contributed by atoms with Gasteiger partial charge in [0, 0.05) is 32.2 Å². The SMILES string of the molecule is C[C@@H]1CNCCN1Cc1ccc(O)cc1. The number of nitrogens with zero attached hydrogens (tertiary/aromatic N) is 1. The minimum Gasteiger partial charge on any atom is -0.508 e. The van der Waals surface area contributed by atoms with Crippen LogP contribution < -0.4 is 5.32 Å². The van der Waals surface area contributed by atoms with Crippen molar-refractivity contribution in [3.05, 3.63) is 29.8 Å². The predicted molar refractivity (Wildman–Crippen MR) is 60.8 cm³/mol. The van der Waals surface area contributed by atoms with Crippen molar-refractivity contribution in [2.24, 2.45) is 0 Å². The normalized spacial score (nSPS) is 22.9. The van der Waals surface area contributed by atoms with Crippen LogP contribution >= 0.6 is 0 Å². The minimum absolute atomic E-state index is 0.340. The Morgan fingerprint density at radius 1 is 1.40 bits per heavy atom. The summed E-state index contributed by atoms with van der Waals surface area (Å²) in [5, 5.41) is 12.6. The van der Waals surface area contributed by atoms with Gasteiger partial charge < -0.3 is 10.4 Å². The minimum atomic E-state index is 0.340. The van der Waals surface area contributed by atoms with E-state index in [0.29, 0.717) is 11.8 Å². The largest absolute Gasteiger partial charge is 0.508 e. The van der Waals surface area contributed by atoms with Crippen molar-refractivity contribution in [3.63, 3.8) is 0 Å². The van der Waals surface area contributed by atoms with Gasteiger partial charge in [0.1, 0.15) is 5.75 Å². The smallest absolute Gasteiger partial charge is 0.115 e. The Hall–Kier alpha value is -1.06. The molecule has 0 aliphatic carbocycles. The van der Waals surface area contributed by atoms with E-state index in [2.05, 4.69) is 17.1 Å². The van der Waals surface area contributed by atoms with Crippen LogP contribution in [0.2, 0.25) is 0 Å². The second kappa shape index (κ2) is 4.64. The molecule has 0 spiro atoms. The number of hydrogen-bond donors (Lipinski definition) is 2. The molecule has 1 aliphatic rings. The number of piperazine rings is 1. The van der Waals surface area contributed by atoms with Crippen LogP contribution in [0.25, 0.3) is 0 Å². The van der Waals surface area contributed by atoms with Crippen LogP contribution in [-0.2, 0) is 6.54 Å². The third kappa shape index (κ3) is 2.70. The average molecular weight is 206 g/mol. The molecule has 15 heavy (non-hydrogen) atoms. The van der Waals surface area contributed by atoms with Crippen molar-refractivity contribution in [1.82, 2.24) is 10.2 Å². The molecule has 1 aromatic carbocycles. The van der Waals surface area contributed by atoms with Gasteiger partial charge in [-0.15, -0.1) is 0 Å². The van der Waals surface area contributed by atoms with Crippen molar-refractivity contribution in [3.8, 4) is 5.75 Å². The molecule has 0 radical (unpaired) electrons. The highest BCUT2D eigenvalue weighted by Gasteiger charge is 2.17. The van der Waals surface area contributed by atoms with Crippen LogP contribution in [0.5, 0.6) is 5.75 Å². The van der Waals surface area contributed by atoms with Crippen LogP contribution in [0.15, 0.2) is 24.3 Å². The molecule has 2 N–H and O–H groups in total. The zero-order chi connectivity index (χ0) is 10.7. The second-order valence-electron chi connectivity index (χ2n) is 4.19. The fourth-order valence-electron chi connectivity index (χ4n) is 1.95. The molecule has 1 saturated heterocycles. The zero-order valence-corrected chi connectivity index (χ0v) is 9.11. The summed E-state index contributed by atoms with van der Waals surface area (Å²) in [6.45, 7) is 6.46. The van der Waals surface area contributed by atoms with Gasteiger partial charge in [0.25, 0.3) is 0 Å². The maximum absolute atomic E-state index is 9.19. The van der Waals surface area contributed by atoms with E-state index in [-0.39, 0.29) is 0 Å². The molecule has 1 fully saturated rings. The number of benzene rings is 1. The summed E-state index contributed by atoms with van der Waals surface area (Å²) in [5.74, 6) is 0.340. The highest BCUT2D eigenvalue weighted by Crippen LogP contribution is 2.13. The Balaban J connectivity index is 1.98. The third-order valence-electron chi connectivity index (χ3n) is 2.96. The Kier molecular flexibility index (Phi) is 3.23. The van der Waals surface area contributed by atoms with Crippen molar-refractivity contribution < 1.29 is 5.11 Å². The Morgan fingerprint density at radius 2 is 2.13 bits per heavy atom. The number of nitrogens with one attached hydrogen (secondary N) is 1. The fourth-order valence-corrected chi connectivity index (χ4v) is 1.95. The van der Waals surface area contributed by atoms with Gasteiger partial charge in [-0.1, -0.05) is 12.1 Å². The molecule has 0 bridgehead atoms. The van der Waals surface area contributed by atoms with Gasteiger partial charge in [-0.2, -0.15) is 0 Å². The molecule has 0 amide bonds. The molecule has 1 aliphatic heterocycles. The lowest BCUT2D eigenvalue weighted by Gasteiger charge is -2.33. The van der Waals surface area contributed by atoms with E-state index in [0.717, 1.165) is 26.2 Å². The maximum atomic E-state index is 9.19. The maximum Gasteiger partial charge on any atom is 0.115 e. The monoisotopic (exact) mass is 206 g/mol. The highest BCUT2D eigenvalue weighted by molar-refractivity contribution is 5.25. The first-order valence-electron chi connectivity index (χ1n) is 5.48. The third-order valence-corrected chi connectivity index (χ3v) is 2.96. The molecule has 1 atom stereocenters. The molecule has 3 heteroatoms. The van der Waals surface area contributed by atoms with E-state index in [4.69, 9.17) is 0 Å².